The lowest BCUT2D eigenvalue weighted by molar-refractivity contribution is -0.137. The van der Waals surface area contributed by atoms with Crippen molar-refractivity contribution in [2.75, 3.05) is 26.2 Å². The third-order valence-corrected chi connectivity index (χ3v) is 3.55. The van der Waals surface area contributed by atoms with Gasteiger partial charge < -0.3 is 15.2 Å². The number of hydrogen-bond donors (Lipinski definition) is 2. The minimum absolute atomic E-state index is 0.0135. The molecule has 0 bridgehead atoms. The van der Waals surface area contributed by atoms with E-state index in [1.165, 1.54) is 0 Å². The Balaban J connectivity index is 1.87. The highest BCUT2D eigenvalue weighted by Gasteiger charge is 2.29. The number of amides is 1. The molecule has 0 aromatic heterocycles. The maximum Gasteiger partial charge on any atom is 0.303 e. The minimum atomic E-state index is -0.788. The number of rotatable bonds is 5. The topological polar surface area (TPSA) is 78.9 Å². The first-order valence-electron chi connectivity index (χ1n) is 6.49. The Hall–Kier alpha value is -1.14. The van der Waals surface area contributed by atoms with Gasteiger partial charge in [-0.25, -0.2) is 0 Å². The number of ether oxygens (including phenoxy) is 1. The Kier molecular flexibility index (Phi) is 4.54. The van der Waals surface area contributed by atoms with Crippen molar-refractivity contribution in [1.29, 1.82) is 0 Å². The molecule has 0 saturated carbocycles. The van der Waals surface area contributed by atoms with Crippen LogP contribution in [0.3, 0.4) is 0 Å². The lowest BCUT2D eigenvalue weighted by Crippen LogP contribution is -2.56. The van der Waals surface area contributed by atoms with Gasteiger partial charge in [-0.05, 0) is 19.3 Å². The second kappa shape index (κ2) is 6.15. The van der Waals surface area contributed by atoms with Crippen LogP contribution in [0.4, 0.5) is 0 Å². The van der Waals surface area contributed by atoms with Crippen molar-refractivity contribution in [1.82, 2.24) is 10.2 Å². The number of carbonyl (C=O) groups is 2. The first kappa shape index (κ1) is 13.3. The lowest BCUT2D eigenvalue weighted by Gasteiger charge is -2.36. The highest BCUT2D eigenvalue weighted by Crippen LogP contribution is 2.17. The molecule has 6 heteroatoms. The summed E-state index contributed by atoms with van der Waals surface area (Å²) in [6.45, 7) is 2.42. The first-order valence-corrected chi connectivity index (χ1v) is 6.49. The maximum atomic E-state index is 11.4. The SMILES string of the molecule is O=C(O)CCC1CNC(=O)CN1CC1CCCO1. The molecule has 6 nitrogen and oxygen atoms in total. The van der Waals surface area contributed by atoms with Crippen LogP contribution in [0.15, 0.2) is 0 Å². The predicted molar refractivity (Wildman–Crippen MR) is 64.2 cm³/mol. The lowest BCUT2D eigenvalue weighted by atomic mass is 10.1. The number of carboxylic acids is 1. The van der Waals surface area contributed by atoms with E-state index in [0.717, 1.165) is 26.0 Å². The molecule has 2 heterocycles. The molecule has 2 N–H and O–H groups in total. The van der Waals surface area contributed by atoms with Crippen LogP contribution < -0.4 is 5.32 Å². The summed E-state index contributed by atoms with van der Waals surface area (Å²) in [5.74, 6) is -0.775. The summed E-state index contributed by atoms with van der Waals surface area (Å²) < 4.78 is 5.58. The Bertz CT molecular complexity index is 315. The van der Waals surface area contributed by atoms with Gasteiger partial charge in [-0.15, -0.1) is 0 Å². The Labute approximate surface area is 106 Å². The van der Waals surface area contributed by atoms with Crippen molar-refractivity contribution in [3.05, 3.63) is 0 Å². The molecular formula is C12H20N2O4. The fraction of sp³-hybridized carbons (Fsp3) is 0.833. The molecular weight excluding hydrogens is 236 g/mol. The summed E-state index contributed by atoms with van der Waals surface area (Å²) in [5.41, 5.74) is 0. The van der Waals surface area contributed by atoms with Gasteiger partial charge in [-0.1, -0.05) is 0 Å². The van der Waals surface area contributed by atoms with Crippen molar-refractivity contribution >= 4 is 11.9 Å². The van der Waals surface area contributed by atoms with E-state index in [2.05, 4.69) is 10.2 Å². The highest BCUT2D eigenvalue weighted by molar-refractivity contribution is 5.79. The normalized spacial score (nSPS) is 29.2. The zero-order chi connectivity index (χ0) is 13.0. The van der Waals surface area contributed by atoms with E-state index in [-0.39, 0.29) is 24.5 Å². The third-order valence-electron chi connectivity index (χ3n) is 3.55. The Morgan fingerprint density at radius 3 is 3.06 bits per heavy atom. The van der Waals surface area contributed by atoms with Crippen LogP contribution in [-0.4, -0.2) is 60.3 Å². The molecule has 2 saturated heterocycles. The number of aliphatic carboxylic acids is 1. The maximum absolute atomic E-state index is 11.4. The number of nitrogens with one attached hydrogen (secondary N) is 1. The molecule has 0 radical (unpaired) electrons. The molecule has 2 fully saturated rings. The van der Waals surface area contributed by atoms with Gasteiger partial charge >= 0.3 is 5.97 Å². The van der Waals surface area contributed by atoms with Crippen LogP contribution >= 0.6 is 0 Å². The van der Waals surface area contributed by atoms with Crippen molar-refractivity contribution in [2.24, 2.45) is 0 Å². The number of carbonyl (C=O) groups excluding carboxylic acids is 1. The molecule has 1 amide bonds. The van der Waals surface area contributed by atoms with E-state index in [1.807, 2.05) is 0 Å². The number of piperazine rings is 1. The monoisotopic (exact) mass is 256 g/mol. The van der Waals surface area contributed by atoms with Gasteiger partial charge in [0.05, 0.1) is 12.6 Å². The summed E-state index contributed by atoms with van der Waals surface area (Å²) in [4.78, 5) is 24.1. The molecule has 102 valence electrons. The van der Waals surface area contributed by atoms with E-state index in [9.17, 15) is 9.59 Å². The molecule has 0 aromatic rings. The quantitative estimate of drug-likeness (QED) is 0.714. The van der Waals surface area contributed by atoms with E-state index in [0.29, 0.717) is 19.5 Å². The molecule has 2 rings (SSSR count). The number of nitrogens with zero attached hydrogens (tertiary/aromatic N) is 1. The summed E-state index contributed by atoms with van der Waals surface area (Å²) in [7, 11) is 0. The standard InChI is InChI=1S/C12H20N2O4/c15-11-8-14(7-10-2-1-5-18-10)9(6-13-11)3-4-12(16)17/h9-10H,1-8H2,(H,13,15)(H,16,17). The second-order valence-corrected chi connectivity index (χ2v) is 4.95. The van der Waals surface area contributed by atoms with E-state index in [4.69, 9.17) is 9.84 Å². The molecule has 2 atom stereocenters. The fourth-order valence-electron chi connectivity index (χ4n) is 2.57. The fourth-order valence-corrected chi connectivity index (χ4v) is 2.57. The van der Waals surface area contributed by atoms with Crippen LogP contribution in [0.2, 0.25) is 0 Å². The number of hydrogen-bond acceptors (Lipinski definition) is 4. The van der Waals surface area contributed by atoms with E-state index >= 15 is 0 Å². The van der Waals surface area contributed by atoms with Crippen LogP contribution in [-0.2, 0) is 14.3 Å². The van der Waals surface area contributed by atoms with Crippen LogP contribution in [0.25, 0.3) is 0 Å². The van der Waals surface area contributed by atoms with Crippen molar-refractivity contribution in [2.45, 2.75) is 37.8 Å². The Morgan fingerprint density at radius 1 is 1.56 bits per heavy atom. The van der Waals surface area contributed by atoms with Gasteiger partial charge in [0, 0.05) is 32.2 Å². The Morgan fingerprint density at radius 2 is 2.39 bits per heavy atom. The average molecular weight is 256 g/mol. The summed E-state index contributed by atoms with van der Waals surface area (Å²) >= 11 is 0. The molecule has 0 aliphatic carbocycles. The molecule has 18 heavy (non-hydrogen) atoms. The first-order chi connectivity index (χ1) is 8.65. The van der Waals surface area contributed by atoms with E-state index in [1.54, 1.807) is 0 Å². The summed E-state index contributed by atoms with van der Waals surface area (Å²) in [5, 5.41) is 11.5. The van der Waals surface area contributed by atoms with Gasteiger partial charge in [-0.2, -0.15) is 0 Å². The van der Waals surface area contributed by atoms with Crippen LogP contribution in [0.1, 0.15) is 25.7 Å². The minimum Gasteiger partial charge on any atom is -0.481 e. The zero-order valence-electron chi connectivity index (χ0n) is 10.4. The molecule has 2 unspecified atom stereocenters. The zero-order valence-corrected chi connectivity index (χ0v) is 10.4. The summed E-state index contributed by atoms with van der Waals surface area (Å²) in [6.07, 6.45) is 3.02. The highest BCUT2D eigenvalue weighted by atomic mass is 16.5. The molecule has 0 spiro atoms. The third kappa shape index (κ3) is 3.68. The van der Waals surface area contributed by atoms with Crippen LogP contribution in [0, 0.1) is 0 Å². The molecule has 0 aromatic carbocycles. The van der Waals surface area contributed by atoms with E-state index < -0.39 is 5.97 Å². The van der Waals surface area contributed by atoms with Gasteiger partial charge in [0.25, 0.3) is 0 Å². The number of carboxylic acid groups (broad SMARTS) is 1. The van der Waals surface area contributed by atoms with Crippen molar-refractivity contribution in [3.63, 3.8) is 0 Å². The predicted octanol–water partition coefficient (Wildman–Crippen LogP) is -0.169. The van der Waals surface area contributed by atoms with Crippen LogP contribution in [0.5, 0.6) is 0 Å². The van der Waals surface area contributed by atoms with Gasteiger partial charge in [0.2, 0.25) is 5.91 Å². The summed E-state index contributed by atoms with van der Waals surface area (Å²) in [6, 6.07) is 0.114. The second-order valence-electron chi connectivity index (χ2n) is 4.95. The van der Waals surface area contributed by atoms with Crippen molar-refractivity contribution in [3.8, 4) is 0 Å². The van der Waals surface area contributed by atoms with Gasteiger partial charge in [0.1, 0.15) is 0 Å². The average Bonchev–Trinajstić information content (AvgIpc) is 2.80. The molecule has 2 aliphatic heterocycles. The van der Waals surface area contributed by atoms with Crippen molar-refractivity contribution < 1.29 is 19.4 Å². The van der Waals surface area contributed by atoms with Gasteiger partial charge in [0.15, 0.2) is 0 Å². The smallest absolute Gasteiger partial charge is 0.303 e. The molecule has 2 aliphatic rings. The largest absolute Gasteiger partial charge is 0.481 e. The van der Waals surface area contributed by atoms with Gasteiger partial charge in [-0.3, -0.25) is 14.5 Å².